The van der Waals surface area contributed by atoms with Crippen molar-refractivity contribution in [3.63, 3.8) is 0 Å². The molecule has 0 radical (unpaired) electrons. The molecule has 118 valence electrons. The van der Waals surface area contributed by atoms with Gasteiger partial charge >= 0.3 is 0 Å². The molecule has 6 heteroatoms. The van der Waals surface area contributed by atoms with E-state index in [1.807, 2.05) is 13.0 Å². The summed E-state index contributed by atoms with van der Waals surface area (Å²) in [7, 11) is 0. The van der Waals surface area contributed by atoms with E-state index in [4.69, 9.17) is 0 Å². The fourth-order valence-electron chi connectivity index (χ4n) is 2.24. The van der Waals surface area contributed by atoms with Crippen LogP contribution in [-0.2, 0) is 6.42 Å². The summed E-state index contributed by atoms with van der Waals surface area (Å²) in [5.74, 6) is 0.261. The third-order valence-electron chi connectivity index (χ3n) is 3.45. The Labute approximate surface area is 138 Å². The molecule has 1 N–H and O–H groups in total. The SMILES string of the molecule is CCc1nc(C)c(-c2ccnc(Nc3ccc(F)c(C)c3)n2)s1. The molecule has 2 heterocycles. The van der Waals surface area contributed by atoms with Crippen molar-refractivity contribution < 1.29 is 4.39 Å². The van der Waals surface area contributed by atoms with Gasteiger partial charge in [0, 0.05) is 11.9 Å². The molecule has 0 atom stereocenters. The second-order valence-corrected chi connectivity index (χ2v) is 6.31. The molecule has 4 nitrogen and oxygen atoms in total. The van der Waals surface area contributed by atoms with Gasteiger partial charge in [-0.3, -0.25) is 0 Å². The van der Waals surface area contributed by atoms with Crippen LogP contribution in [0.1, 0.15) is 23.2 Å². The average Bonchev–Trinajstić information content (AvgIpc) is 2.92. The lowest BCUT2D eigenvalue weighted by Crippen LogP contribution is -1.98. The van der Waals surface area contributed by atoms with Crippen LogP contribution in [0.15, 0.2) is 30.5 Å². The van der Waals surface area contributed by atoms with Crippen molar-refractivity contribution in [3.8, 4) is 10.6 Å². The Morgan fingerprint density at radius 2 is 2.00 bits per heavy atom. The van der Waals surface area contributed by atoms with Gasteiger partial charge in [-0.05, 0) is 50.1 Å². The first kappa shape index (κ1) is 15.6. The van der Waals surface area contributed by atoms with Gasteiger partial charge in [-0.2, -0.15) is 0 Å². The Hall–Kier alpha value is -2.34. The quantitative estimate of drug-likeness (QED) is 0.756. The van der Waals surface area contributed by atoms with Gasteiger partial charge in [-0.1, -0.05) is 6.92 Å². The molecule has 0 spiro atoms. The first-order chi connectivity index (χ1) is 11.1. The van der Waals surface area contributed by atoms with E-state index in [0.717, 1.165) is 33.4 Å². The molecule has 0 amide bonds. The van der Waals surface area contributed by atoms with Crippen molar-refractivity contribution >= 4 is 23.0 Å². The molecule has 0 fully saturated rings. The van der Waals surface area contributed by atoms with E-state index in [1.165, 1.54) is 6.07 Å². The van der Waals surface area contributed by atoms with E-state index in [2.05, 4.69) is 27.2 Å². The number of rotatable bonds is 4. The number of anilines is 2. The van der Waals surface area contributed by atoms with Crippen LogP contribution in [0.2, 0.25) is 0 Å². The maximum absolute atomic E-state index is 13.3. The van der Waals surface area contributed by atoms with Crippen LogP contribution in [0.3, 0.4) is 0 Å². The predicted molar refractivity (Wildman–Crippen MR) is 91.7 cm³/mol. The van der Waals surface area contributed by atoms with Crippen LogP contribution in [0.5, 0.6) is 0 Å². The molecule has 3 rings (SSSR count). The lowest BCUT2D eigenvalue weighted by molar-refractivity contribution is 0.619. The number of thiazole rings is 1. The summed E-state index contributed by atoms with van der Waals surface area (Å²) in [4.78, 5) is 14.4. The summed E-state index contributed by atoms with van der Waals surface area (Å²) in [5, 5.41) is 4.21. The number of hydrogen-bond acceptors (Lipinski definition) is 5. The first-order valence-corrected chi connectivity index (χ1v) is 8.21. The van der Waals surface area contributed by atoms with Gasteiger partial charge in [0.25, 0.3) is 0 Å². The maximum Gasteiger partial charge on any atom is 0.227 e. The number of aryl methyl sites for hydroxylation is 3. The predicted octanol–water partition coefficient (Wildman–Crippen LogP) is 4.66. The number of benzene rings is 1. The minimum absolute atomic E-state index is 0.224. The maximum atomic E-state index is 13.3. The molecular weight excluding hydrogens is 311 g/mol. The third kappa shape index (κ3) is 3.37. The van der Waals surface area contributed by atoms with E-state index in [9.17, 15) is 4.39 Å². The monoisotopic (exact) mass is 328 g/mol. The van der Waals surface area contributed by atoms with E-state index in [0.29, 0.717) is 11.5 Å². The van der Waals surface area contributed by atoms with Gasteiger partial charge in [0.15, 0.2) is 0 Å². The summed E-state index contributed by atoms with van der Waals surface area (Å²) in [6, 6.07) is 6.72. The molecule has 1 aromatic carbocycles. The van der Waals surface area contributed by atoms with Crippen LogP contribution >= 0.6 is 11.3 Å². The Morgan fingerprint density at radius 1 is 1.17 bits per heavy atom. The molecular formula is C17H17FN4S. The van der Waals surface area contributed by atoms with Gasteiger partial charge in [0.2, 0.25) is 5.95 Å². The molecule has 0 bridgehead atoms. The molecule has 23 heavy (non-hydrogen) atoms. The third-order valence-corrected chi connectivity index (χ3v) is 4.77. The Morgan fingerprint density at radius 3 is 2.70 bits per heavy atom. The molecule has 0 saturated carbocycles. The molecule has 0 aliphatic rings. The number of halogens is 1. The highest BCUT2D eigenvalue weighted by Gasteiger charge is 2.11. The topological polar surface area (TPSA) is 50.7 Å². The summed E-state index contributed by atoms with van der Waals surface area (Å²) in [6.45, 7) is 5.81. The van der Waals surface area contributed by atoms with E-state index >= 15 is 0 Å². The molecule has 3 aromatic rings. The van der Waals surface area contributed by atoms with Crippen LogP contribution in [-0.4, -0.2) is 15.0 Å². The van der Waals surface area contributed by atoms with Crippen molar-refractivity contribution in [2.45, 2.75) is 27.2 Å². The second kappa shape index (κ2) is 6.42. The summed E-state index contributed by atoms with van der Waals surface area (Å²) >= 11 is 1.65. The van der Waals surface area contributed by atoms with Crippen LogP contribution < -0.4 is 5.32 Å². The number of nitrogens with zero attached hydrogens (tertiary/aromatic N) is 3. The first-order valence-electron chi connectivity index (χ1n) is 7.39. The van der Waals surface area contributed by atoms with Crippen molar-refractivity contribution in [2.75, 3.05) is 5.32 Å². The van der Waals surface area contributed by atoms with E-state index < -0.39 is 0 Å². The van der Waals surface area contributed by atoms with Gasteiger partial charge in [0.05, 0.1) is 21.3 Å². The molecule has 0 saturated heterocycles. The van der Waals surface area contributed by atoms with Crippen molar-refractivity contribution in [1.82, 2.24) is 15.0 Å². The number of nitrogens with one attached hydrogen (secondary N) is 1. The molecule has 2 aromatic heterocycles. The molecule has 0 unspecified atom stereocenters. The summed E-state index contributed by atoms with van der Waals surface area (Å²) in [6.07, 6.45) is 2.63. The number of aromatic nitrogens is 3. The van der Waals surface area contributed by atoms with Gasteiger partial charge in [-0.15, -0.1) is 11.3 Å². The van der Waals surface area contributed by atoms with Crippen LogP contribution in [0.4, 0.5) is 16.0 Å². The van der Waals surface area contributed by atoms with Crippen molar-refractivity contribution in [3.05, 3.63) is 52.5 Å². The van der Waals surface area contributed by atoms with E-state index in [1.54, 1.807) is 36.6 Å². The molecule has 0 aliphatic heterocycles. The van der Waals surface area contributed by atoms with Crippen LogP contribution in [0.25, 0.3) is 10.6 Å². The minimum atomic E-state index is -0.224. The standard InChI is InChI=1S/C17H17FN4S/c1-4-15-20-11(3)16(23-15)14-7-8-19-17(22-14)21-12-5-6-13(18)10(2)9-12/h5-9H,4H2,1-3H3,(H,19,21,22). The normalized spacial score (nSPS) is 10.8. The van der Waals surface area contributed by atoms with Gasteiger partial charge < -0.3 is 5.32 Å². The lowest BCUT2D eigenvalue weighted by atomic mass is 10.2. The Bertz CT molecular complexity index is 844. The lowest BCUT2D eigenvalue weighted by Gasteiger charge is -2.07. The zero-order chi connectivity index (χ0) is 16.4. The highest BCUT2D eigenvalue weighted by Crippen LogP contribution is 2.29. The second-order valence-electron chi connectivity index (χ2n) is 5.23. The van der Waals surface area contributed by atoms with Crippen molar-refractivity contribution in [1.29, 1.82) is 0 Å². The fraction of sp³-hybridized carbons (Fsp3) is 0.235. The fourth-order valence-corrected chi connectivity index (χ4v) is 3.21. The average molecular weight is 328 g/mol. The van der Waals surface area contributed by atoms with E-state index in [-0.39, 0.29) is 5.82 Å². The Balaban J connectivity index is 1.90. The minimum Gasteiger partial charge on any atom is -0.324 e. The Kier molecular flexibility index (Phi) is 4.34. The highest BCUT2D eigenvalue weighted by atomic mass is 32.1. The van der Waals surface area contributed by atoms with Crippen LogP contribution in [0, 0.1) is 19.7 Å². The largest absolute Gasteiger partial charge is 0.324 e. The van der Waals surface area contributed by atoms with Gasteiger partial charge in [-0.25, -0.2) is 19.3 Å². The summed E-state index contributed by atoms with van der Waals surface area (Å²) < 4.78 is 13.3. The number of hydrogen-bond donors (Lipinski definition) is 1. The summed E-state index contributed by atoms with van der Waals surface area (Å²) in [5.41, 5.74) is 3.17. The zero-order valence-corrected chi connectivity index (χ0v) is 14.0. The molecule has 0 aliphatic carbocycles. The van der Waals surface area contributed by atoms with Crippen molar-refractivity contribution in [2.24, 2.45) is 0 Å². The smallest absolute Gasteiger partial charge is 0.227 e. The highest BCUT2D eigenvalue weighted by molar-refractivity contribution is 7.15. The zero-order valence-electron chi connectivity index (χ0n) is 13.2. The van der Waals surface area contributed by atoms with Gasteiger partial charge in [0.1, 0.15) is 5.82 Å².